The molecule has 1 aromatic heterocycles. The minimum absolute atomic E-state index is 0.390. The Morgan fingerprint density at radius 3 is 2.63 bits per heavy atom. The van der Waals surface area contributed by atoms with Crippen molar-refractivity contribution in [3.63, 3.8) is 0 Å². The number of nitriles is 1. The minimum atomic E-state index is 0.390. The molecule has 0 saturated carbocycles. The van der Waals surface area contributed by atoms with Gasteiger partial charge in [0.15, 0.2) is 0 Å². The Labute approximate surface area is 162 Å². The van der Waals surface area contributed by atoms with Gasteiger partial charge in [0.05, 0.1) is 24.7 Å². The molecule has 1 aliphatic rings. The van der Waals surface area contributed by atoms with Crippen molar-refractivity contribution in [1.29, 1.82) is 5.26 Å². The second-order valence-electron chi connectivity index (χ2n) is 7.83. The third kappa shape index (κ3) is 4.48. The molecule has 0 saturated heterocycles. The molecule has 2 atom stereocenters. The number of hydrogen-bond acceptors (Lipinski definition) is 3. The molecule has 0 bridgehead atoms. The number of rotatable bonds is 7. The molecule has 0 radical (unpaired) electrons. The maximum Gasteiger partial charge on any atom is 0.0641 e. The van der Waals surface area contributed by atoms with Crippen LogP contribution in [0.4, 0.5) is 0 Å². The topological polar surface area (TPSA) is 53.6 Å². The number of nitrogens with one attached hydrogen (secondary N) is 1. The molecule has 1 aromatic carbocycles. The number of aromatic nitrogens is 2. The summed E-state index contributed by atoms with van der Waals surface area (Å²) in [5.74, 6) is 0.979. The van der Waals surface area contributed by atoms with Crippen molar-refractivity contribution in [3.8, 4) is 6.07 Å². The average Bonchev–Trinajstić information content (AvgIpc) is 3.22. The highest BCUT2D eigenvalue weighted by Gasteiger charge is 2.25. The third-order valence-electron chi connectivity index (χ3n) is 5.54. The van der Waals surface area contributed by atoms with Crippen molar-refractivity contribution in [2.24, 2.45) is 0 Å². The molecule has 1 N–H and O–H groups in total. The van der Waals surface area contributed by atoms with Crippen LogP contribution in [0.5, 0.6) is 0 Å². The maximum atomic E-state index is 8.83. The first kappa shape index (κ1) is 19.4. The number of nitrogens with zero attached hydrogens (tertiary/aromatic N) is 3. The Morgan fingerprint density at radius 2 is 1.96 bits per heavy atom. The predicted molar refractivity (Wildman–Crippen MR) is 110 cm³/mol. The van der Waals surface area contributed by atoms with Crippen LogP contribution in [0.2, 0.25) is 0 Å². The second-order valence-corrected chi connectivity index (χ2v) is 7.83. The molecule has 4 nitrogen and oxygen atoms in total. The quantitative estimate of drug-likeness (QED) is 0.724. The summed E-state index contributed by atoms with van der Waals surface area (Å²) in [5.41, 5.74) is 6.33. The predicted octanol–water partition coefficient (Wildman–Crippen LogP) is 4.74. The van der Waals surface area contributed by atoms with Crippen LogP contribution >= 0.6 is 0 Å². The molecular weight excluding hydrogens is 332 g/mol. The van der Waals surface area contributed by atoms with Gasteiger partial charge in [0, 0.05) is 29.8 Å². The van der Waals surface area contributed by atoms with E-state index in [9.17, 15) is 0 Å². The van der Waals surface area contributed by atoms with Gasteiger partial charge in [0.25, 0.3) is 0 Å². The summed E-state index contributed by atoms with van der Waals surface area (Å²) in [6.07, 6.45) is 6.17. The summed E-state index contributed by atoms with van der Waals surface area (Å²) in [7, 11) is 0. The highest BCUT2D eigenvalue weighted by Crippen LogP contribution is 2.33. The summed E-state index contributed by atoms with van der Waals surface area (Å²) in [4.78, 5) is 0. The number of aryl methyl sites for hydroxylation is 2. The Balaban J connectivity index is 1.58. The fraction of sp³-hybridized carbons (Fsp3) is 0.478. The van der Waals surface area contributed by atoms with E-state index in [2.05, 4.69) is 80.6 Å². The van der Waals surface area contributed by atoms with Crippen LogP contribution < -0.4 is 5.32 Å². The lowest BCUT2D eigenvalue weighted by Gasteiger charge is -2.15. The Hall–Kier alpha value is -2.38. The standard InChI is InChI=1S/C23H30N4/c1-16(2)20-8-6-19(7-9-20)15-25-22-11-10-21(14-22)23-17(3)26-27(18(23)4)13-5-12-24/h6-11,16,21-22,25H,5,13-15H2,1-4H3/t21-,22+/m0/s1. The Morgan fingerprint density at radius 1 is 1.22 bits per heavy atom. The fourth-order valence-electron chi connectivity index (χ4n) is 3.95. The second kappa shape index (κ2) is 8.54. The molecule has 0 fully saturated rings. The SMILES string of the molecule is Cc1nn(CCC#N)c(C)c1[C@H]1C=C[C@@H](NCc2ccc(C(C)C)cc2)C1. The van der Waals surface area contributed by atoms with E-state index in [1.54, 1.807) is 0 Å². The van der Waals surface area contributed by atoms with Crippen molar-refractivity contribution in [1.82, 2.24) is 15.1 Å². The first-order chi connectivity index (χ1) is 13.0. The smallest absolute Gasteiger partial charge is 0.0641 e. The van der Waals surface area contributed by atoms with E-state index in [1.165, 1.54) is 22.4 Å². The largest absolute Gasteiger partial charge is 0.306 e. The van der Waals surface area contributed by atoms with Crippen molar-refractivity contribution < 1.29 is 0 Å². The van der Waals surface area contributed by atoms with E-state index in [0.717, 1.165) is 18.7 Å². The normalized spacial score (nSPS) is 19.0. The van der Waals surface area contributed by atoms with Gasteiger partial charge in [0.1, 0.15) is 0 Å². The van der Waals surface area contributed by atoms with Crippen LogP contribution in [0.25, 0.3) is 0 Å². The molecule has 3 rings (SSSR count). The van der Waals surface area contributed by atoms with Gasteiger partial charge in [0.2, 0.25) is 0 Å². The molecule has 4 heteroatoms. The maximum absolute atomic E-state index is 8.83. The molecule has 0 aliphatic heterocycles. The minimum Gasteiger partial charge on any atom is -0.306 e. The van der Waals surface area contributed by atoms with Crippen molar-refractivity contribution in [3.05, 3.63) is 64.5 Å². The molecular formula is C23H30N4. The highest BCUT2D eigenvalue weighted by molar-refractivity contribution is 5.35. The number of benzene rings is 1. The van der Waals surface area contributed by atoms with E-state index in [-0.39, 0.29) is 0 Å². The molecule has 1 aliphatic carbocycles. The van der Waals surface area contributed by atoms with Crippen LogP contribution in [-0.2, 0) is 13.1 Å². The van der Waals surface area contributed by atoms with Crippen LogP contribution in [0.1, 0.15) is 66.6 Å². The molecule has 1 heterocycles. The Bertz CT molecular complexity index is 836. The van der Waals surface area contributed by atoms with Gasteiger partial charge in [-0.1, -0.05) is 50.3 Å². The lowest BCUT2D eigenvalue weighted by Crippen LogP contribution is -2.25. The summed E-state index contributed by atoms with van der Waals surface area (Å²) in [5, 5.41) is 17.1. The highest BCUT2D eigenvalue weighted by atomic mass is 15.3. The summed E-state index contributed by atoms with van der Waals surface area (Å²) in [6.45, 7) is 10.2. The van der Waals surface area contributed by atoms with Crippen molar-refractivity contribution in [2.75, 3.05) is 0 Å². The van der Waals surface area contributed by atoms with Gasteiger partial charge in [-0.15, -0.1) is 0 Å². The molecule has 2 aromatic rings. The number of hydrogen-bond donors (Lipinski definition) is 1. The van der Waals surface area contributed by atoms with E-state index >= 15 is 0 Å². The molecule has 27 heavy (non-hydrogen) atoms. The first-order valence-electron chi connectivity index (χ1n) is 9.91. The zero-order valence-electron chi connectivity index (χ0n) is 16.9. The van der Waals surface area contributed by atoms with Crippen molar-refractivity contribution >= 4 is 0 Å². The Kier molecular flexibility index (Phi) is 6.13. The van der Waals surface area contributed by atoms with E-state index < -0.39 is 0 Å². The van der Waals surface area contributed by atoms with Crippen LogP contribution in [0.3, 0.4) is 0 Å². The molecule has 0 amide bonds. The van der Waals surface area contributed by atoms with Crippen LogP contribution in [0.15, 0.2) is 36.4 Å². The van der Waals surface area contributed by atoms with Gasteiger partial charge in [-0.2, -0.15) is 10.4 Å². The summed E-state index contributed by atoms with van der Waals surface area (Å²) < 4.78 is 1.98. The third-order valence-corrected chi connectivity index (χ3v) is 5.54. The lowest BCUT2D eigenvalue weighted by atomic mass is 9.96. The summed E-state index contributed by atoms with van der Waals surface area (Å²) in [6, 6.07) is 11.5. The molecule has 0 spiro atoms. The first-order valence-corrected chi connectivity index (χ1v) is 9.91. The average molecular weight is 363 g/mol. The van der Waals surface area contributed by atoms with E-state index in [0.29, 0.717) is 30.8 Å². The van der Waals surface area contributed by atoms with Gasteiger partial charge in [-0.25, -0.2) is 0 Å². The van der Waals surface area contributed by atoms with E-state index in [4.69, 9.17) is 5.26 Å². The molecule has 142 valence electrons. The molecule has 0 unspecified atom stereocenters. The van der Waals surface area contributed by atoms with Crippen LogP contribution in [0, 0.1) is 25.2 Å². The zero-order valence-corrected chi connectivity index (χ0v) is 16.9. The fourth-order valence-corrected chi connectivity index (χ4v) is 3.95. The van der Waals surface area contributed by atoms with Gasteiger partial charge < -0.3 is 5.32 Å². The van der Waals surface area contributed by atoms with Gasteiger partial charge in [-0.05, 0) is 37.3 Å². The number of allylic oxidation sites excluding steroid dienone is 1. The van der Waals surface area contributed by atoms with Crippen molar-refractivity contribution in [2.45, 2.75) is 71.5 Å². The van der Waals surface area contributed by atoms with E-state index in [1.807, 2.05) is 4.68 Å². The summed E-state index contributed by atoms with van der Waals surface area (Å²) >= 11 is 0. The zero-order chi connectivity index (χ0) is 19.4. The van der Waals surface area contributed by atoms with Crippen LogP contribution in [-0.4, -0.2) is 15.8 Å². The van der Waals surface area contributed by atoms with Gasteiger partial charge >= 0.3 is 0 Å². The monoisotopic (exact) mass is 362 g/mol. The lowest BCUT2D eigenvalue weighted by molar-refractivity contribution is 0.557. The van der Waals surface area contributed by atoms with Gasteiger partial charge in [-0.3, -0.25) is 4.68 Å².